The van der Waals surface area contributed by atoms with Crippen LogP contribution >= 0.6 is 27.3 Å². The minimum absolute atomic E-state index is 0.181. The van der Waals surface area contributed by atoms with Crippen molar-refractivity contribution in [3.8, 4) is 0 Å². The van der Waals surface area contributed by atoms with E-state index >= 15 is 0 Å². The van der Waals surface area contributed by atoms with Gasteiger partial charge in [0, 0.05) is 22.4 Å². The van der Waals surface area contributed by atoms with Gasteiger partial charge in [0.25, 0.3) is 0 Å². The molecule has 2 rings (SSSR count). The van der Waals surface area contributed by atoms with Gasteiger partial charge in [-0.1, -0.05) is 6.92 Å². The molecule has 4 heteroatoms. The number of ketones is 1. The van der Waals surface area contributed by atoms with E-state index in [-0.39, 0.29) is 11.9 Å². The van der Waals surface area contributed by atoms with Gasteiger partial charge in [0.05, 0.1) is 0 Å². The third-order valence-electron chi connectivity index (χ3n) is 2.73. The Morgan fingerprint density at radius 3 is 3.07 bits per heavy atom. The van der Waals surface area contributed by atoms with Crippen molar-refractivity contribution < 1.29 is 9.53 Å². The molecule has 2 atom stereocenters. The summed E-state index contributed by atoms with van der Waals surface area (Å²) >= 11 is 5.05. The third-order valence-corrected chi connectivity index (χ3v) is 4.66. The van der Waals surface area contributed by atoms with Crippen molar-refractivity contribution in [1.29, 1.82) is 0 Å². The molecule has 0 spiro atoms. The molecule has 0 radical (unpaired) electrons. The first-order valence-electron chi connectivity index (χ1n) is 5.04. The Labute approximate surface area is 102 Å². The Morgan fingerprint density at radius 2 is 2.53 bits per heavy atom. The van der Waals surface area contributed by atoms with Crippen LogP contribution in [0.1, 0.15) is 18.2 Å². The monoisotopic (exact) mass is 288 g/mol. The Bertz CT molecular complexity index is 361. The lowest BCUT2D eigenvalue weighted by molar-refractivity contribution is -0.128. The van der Waals surface area contributed by atoms with Gasteiger partial charge in [-0.25, -0.2) is 0 Å². The topological polar surface area (TPSA) is 26.3 Å². The number of thiophene rings is 1. The van der Waals surface area contributed by atoms with E-state index in [0.717, 1.165) is 22.4 Å². The third kappa shape index (κ3) is 2.49. The lowest BCUT2D eigenvalue weighted by atomic mass is 9.99. The maximum absolute atomic E-state index is 11.9. The predicted molar refractivity (Wildman–Crippen MR) is 64.3 cm³/mol. The van der Waals surface area contributed by atoms with Crippen LogP contribution in [0.3, 0.4) is 0 Å². The highest BCUT2D eigenvalue weighted by molar-refractivity contribution is 9.10. The number of halogens is 1. The maximum Gasteiger partial charge on any atom is 0.167 e. The molecule has 1 aliphatic rings. The molecule has 2 heterocycles. The first-order chi connectivity index (χ1) is 7.18. The zero-order valence-corrected chi connectivity index (χ0v) is 10.9. The van der Waals surface area contributed by atoms with Crippen LogP contribution in [0.2, 0.25) is 0 Å². The van der Waals surface area contributed by atoms with Crippen LogP contribution in [0.5, 0.6) is 0 Å². The SMILES string of the molecule is CC1CCOC1C(=O)Cc1sccc1Br. The van der Waals surface area contributed by atoms with Gasteiger partial charge in [-0.2, -0.15) is 0 Å². The lowest BCUT2D eigenvalue weighted by Crippen LogP contribution is -2.26. The first kappa shape index (κ1) is 11.3. The molecule has 82 valence electrons. The van der Waals surface area contributed by atoms with Crippen LogP contribution in [0.15, 0.2) is 15.9 Å². The molecular weight excluding hydrogens is 276 g/mol. The van der Waals surface area contributed by atoms with Crippen LogP contribution in [0.4, 0.5) is 0 Å². The van der Waals surface area contributed by atoms with Crippen molar-refractivity contribution in [2.75, 3.05) is 6.61 Å². The number of ether oxygens (including phenoxy) is 1. The van der Waals surface area contributed by atoms with Crippen molar-refractivity contribution in [2.24, 2.45) is 5.92 Å². The summed E-state index contributed by atoms with van der Waals surface area (Å²) < 4.78 is 6.49. The van der Waals surface area contributed by atoms with E-state index in [0.29, 0.717) is 12.3 Å². The second-order valence-corrected chi connectivity index (χ2v) is 5.75. The quantitative estimate of drug-likeness (QED) is 0.855. The van der Waals surface area contributed by atoms with Crippen molar-refractivity contribution in [2.45, 2.75) is 25.9 Å². The van der Waals surface area contributed by atoms with Gasteiger partial charge >= 0.3 is 0 Å². The summed E-state index contributed by atoms with van der Waals surface area (Å²) in [6, 6.07) is 1.98. The lowest BCUT2D eigenvalue weighted by Gasteiger charge is -2.12. The second kappa shape index (κ2) is 4.76. The number of carbonyl (C=O) groups is 1. The van der Waals surface area contributed by atoms with Crippen LogP contribution < -0.4 is 0 Å². The summed E-state index contributed by atoms with van der Waals surface area (Å²) in [6.07, 6.45) is 1.31. The number of carbonyl (C=O) groups excluding carboxylic acids is 1. The molecular formula is C11H13BrO2S. The minimum Gasteiger partial charge on any atom is -0.370 e. The standard InChI is InChI=1S/C11H13BrO2S/c1-7-2-4-14-11(7)9(13)6-10-8(12)3-5-15-10/h3,5,7,11H,2,4,6H2,1H3. The molecule has 1 fully saturated rings. The van der Waals surface area contributed by atoms with E-state index in [4.69, 9.17) is 4.74 Å². The molecule has 1 aromatic rings. The summed E-state index contributed by atoms with van der Waals surface area (Å²) in [5.41, 5.74) is 0. The van der Waals surface area contributed by atoms with E-state index in [9.17, 15) is 4.79 Å². The Morgan fingerprint density at radius 1 is 1.73 bits per heavy atom. The van der Waals surface area contributed by atoms with Gasteiger partial charge in [0.2, 0.25) is 0 Å². The maximum atomic E-state index is 11.9. The van der Waals surface area contributed by atoms with Gasteiger partial charge < -0.3 is 4.74 Å². The smallest absolute Gasteiger partial charge is 0.167 e. The number of rotatable bonds is 3. The molecule has 0 aliphatic carbocycles. The molecule has 2 nitrogen and oxygen atoms in total. The zero-order valence-electron chi connectivity index (χ0n) is 8.53. The summed E-state index contributed by atoms with van der Waals surface area (Å²) in [5, 5.41) is 1.99. The minimum atomic E-state index is -0.181. The van der Waals surface area contributed by atoms with E-state index in [2.05, 4.69) is 22.9 Å². The van der Waals surface area contributed by atoms with Crippen molar-refractivity contribution in [3.63, 3.8) is 0 Å². The van der Waals surface area contributed by atoms with Gasteiger partial charge in [-0.15, -0.1) is 11.3 Å². The van der Waals surface area contributed by atoms with E-state index in [1.54, 1.807) is 11.3 Å². The fourth-order valence-electron chi connectivity index (χ4n) is 1.82. The van der Waals surface area contributed by atoms with Gasteiger partial charge in [0.15, 0.2) is 5.78 Å². The van der Waals surface area contributed by atoms with Crippen molar-refractivity contribution in [3.05, 3.63) is 20.8 Å². The number of hydrogen-bond acceptors (Lipinski definition) is 3. The van der Waals surface area contributed by atoms with E-state index in [1.807, 2.05) is 11.4 Å². The molecule has 1 aromatic heterocycles. The predicted octanol–water partition coefficient (Wildman–Crippen LogP) is 3.05. The van der Waals surface area contributed by atoms with Crippen molar-refractivity contribution >= 4 is 33.0 Å². The van der Waals surface area contributed by atoms with E-state index < -0.39 is 0 Å². The first-order valence-corrected chi connectivity index (χ1v) is 6.72. The van der Waals surface area contributed by atoms with E-state index in [1.165, 1.54) is 0 Å². The molecule has 15 heavy (non-hydrogen) atoms. The van der Waals surface area contributed by atoms with Gasteiger partial charge in [-0.3, -0.25) is 4.79 Å². The fourth-order valence-corrected chi connectivity index (χ4v) is 3.32. The number of hydrogen-bond donors (Lipinski definition) is 0. The molecule has 0 saturated carbocycles. The van der Waals surface area contributed by atoms with Crippen molar-refractivity contribution in [1.82, 2.24) is 0 Å². The Balaban J connectivity index is 2.01. The second-order valence-electron chi connectivity index (χ2n) is 3.89. The molecule has 0 amide bonds. The number of Topliss-reactive ketones (excluding diaryl/α,β-unsaturated/α-hetero) is 1. The van der Waals surface area contributed by atoms with Crippen LogP contribution in [-0.2, 0) is 16.0 Å². The summed E-state index contributed by atoms with van der Waals surface area (Å²) in [7, 11) is 0. The largest absolute Gasteiger partial charge is 0.370 e. The highest BCUT2D eigenvalue weighted by Crippen LogP contribution is 2.27. The molecule has 1 saturated heterocycles. The molecule has 2 unspecified atom stereocenters. The molecule has 0 bridgehead atoms. The fraction of sp³-hybridized carbons (Fsp3) is 0.545. The normalized spacial score (nSPS) is 25.7. The van der Waals surface area contributed by atoms with Crippen LogP contribution in [0.25, 0.3) is 0 Å². The van der Waals surface area contributed by atoms with Gasteiger partial charge in [-0.05, 0) is 39.7 Å². The summed E-state index contributed by atoms with van der Waals surface area (Å²) in [4.78, 5) is 13.0. The van der Waals surface area contributed by atoms with Crippen LogP contribution in [0, 0.1) is 5.92 Å². The van der Waals surface area contributed by atoms with Crippen LogP contribution in [-0.4, -0.2) is 18.5 Å². The highest BCUT2D eigenvalue weighted by atomic mass is 79.9. The molecule has 0 aromatic carbocycles. The highest BCUT2D eigenvalue weighted by Gasteiger charge is 2.30. The average Bonchev–Trinajstić information content (AvgIpc) is 2.76. The Kier molecular flexibility index (Phi) is 3.59. The molecule has 1 aliphatic heterocycles. The molecule has 0 N–H and O–H groups in total. The average molecular weight is 289 g/mol. The summed E-state index contributed by atoms with van der Waals surface area (Å²) in [6.45, 7) is 2.81. The zero-order chi connectivity index (χ0) is 10.8. The van der Waals surface area contributed by atoms with Gasteiger partial charge in [0.1, 0.15) is 6.10 Å². The summed E-state index contributed by atoms with van der Waals surface area (Å²) in [5.74, 6) is 0.583. The Hall–Kier alpha value is -0.190.